The van der Waals surface area contributed by atoms with Gasteiger partial charge >= 0.3 is 0 Å². The Morgan fingerprint density at radius 2 is 1.42 bits per heavy atom. The van der Waals surface area contributed by atoms with Gasteiger partial charge in [0.25, 0.3) is 0 Å². The van der Waals surface area contributed by atoms with Crippen LogP contribution in [0.25, 0.3) is 0 Å². The van der Waals surface area contributed by atoms with Crippen LogP contribution in [0, 0.1) is 0 Å². The Kier molecular flexibility index (Phi) is 5.56. The van der Waals surface area contributed by atoms with Crippen LogP contribution in [-0.4, -0.2) is 20.2 Å². The molecule has 0 spiro atoms. The molecule has 0 heterocycles. The fraction of sp³-hybridized carbons (Fsp3) is 0.600. The zero-order valence-corrected chi connectivity index (χ0v) is 13.3. The summed E-state index contributed by atoms with van der Waals surface area (Å²) < 4.78 is 26.1. The lowest BCUT2D eigenvalue weighted by molar-refractivity contribution is 0.566. The molecule has 19 heavy (non-hydrogen) atoms. The number of benzene rings is 1. The minimum atomic E-state index is -3.17. The molecule has 0 radical (unpaired) electrons. The monoisotopic (exact) mass is 283 g/mol. The third kappa shape index (κ3) is 4.62. The van der Waals surface area contributed by atoms with E-state index in [9.17, 15) is 8.42 Å². The van der Waals surface area contributed by atoms with Crippen molar-refractivity contribution in [1.29, 1.82) is 0 Å². The number of rotatable bonds is 6. The van der Waals surface area contributed by atoms with Gasteiger partial charge in [0.2, 0.25) is 10.0 Å². The maximum atomic E-state index is 11.7. The van der Waals surface area contributed by atoms with Gasteiger partial charge in [-0.25, -0.2) is 13.1 Å². The van der Waals surface area contributed by atoms with Crippen LogP contribution >= 0.6 is 0 Å². The first-order chi connectivity index (χ1) is 8.74. The van der Waals surface area contributed by atoms with E-state index in [1.165, 1.54) is 5.56 Å². The van der Waals surface area contributed by atoms with Crippen LogP contribution in [0.3, 0.4) is 0 Å². The molecular weight excluding hydrogens is 258 g/mol. The molecule has 4 heteroatoms. The van der Waals surface area contributed by atoms with Gasteiger partial charge in [0.1, 0.15) is 0 Å². The molecule has 0 bridgehead atoms. The molecule has 1 atom stereocenters. The van der Waals surface area contributed by atoms with Crippen molar-refractivity contribution in [3.63, 3.8) is 0 Å². The topological polar surface area (TPSA) is 46.2 Å². The van der Waals surface area contributed by atoms with Crippen molar-refractivity contribution in [2.75, 3.05) is 6.54 Å². The molecule has 1 rings (SSSR count). The summed E-state index contributed by atoms with van der Waals surface area (Å²) in [6.07, 6.45) is 0. The van der Waals surface area contributed by atoms with E-state index < -0.39 is 10.0 Å². The van der Waals surface area contributed by atoms with Gasteiger partial charge < -0.3 is 0 Å². The summed E-state index contributed by atoms with van der Waals surface area (Å²) in [6, 6.07) is 8.41. The normalized spacial score (nSPS) is 14.1. The van der Waals surface area contributed by atoms with Crippen LogP contribution in [-0.2, 0) is 10.0 Å². The largest absolute Gasteiger partial charge is 0.214 e. The molecule has 0 saturated carbocycles. The van der Waals surface area contributed by atoms with Crippen LogP contribution in [0.1, 0.15) is 57.6 Å². The van der Waals surface area contributed by atoms with Crippen molar-refractivity contribution in [1.82, 2.24) is 4.72 Å². The Balaban J connectivity index is 2.66. The van der Waals surface area contributed by atoms with Gasteiger partial charge in [0, 0.05) is 6.54 Å². The Morgan fingerprint density at radius 1 is 0.947 bits per heavy atom. The summed E-state index contributed by atoms with van der Waals surface area (Å²) in [5.74, 6) is 0.693. The third-order valence-corrected chi connectivity index (χ3v) is 5.19. The molecule has 108 valence electrons. The van der Waals surface area contributed by atoms with E-state index in [0.29, 0.717) is 12.5 Å². The number of sulfonamides is 1. The molecular formula is C15H25NO2S. The van der Waals surface area contributed by atoms with Crippen molar-refractivity contribution in [2.45, 2.75) is 51.7 Å². The summed E-state index contributed by atoms with van der Waals surface area (Å²) in [6.45, 7) is 10.2. The maximum absolute atomic E-state index is 11.7. The van der Waals surface area contributed by atoms with Crippen molar-refractivity contribution in [2.24, 2.45) is 0 Å². The van der Waals surface area contributed by atoms with Crippen LogP contribution in [0.15, 0.2) is 24.3 Å². The Labute approximate surface area is 117 Å². The minimum Gasteiger partial charge on any atom is -0.214 e. The van der Waals surface area contributed by atoms with Gasteiger partial charge in [-0.05, 0) is 36.8 Å². The fourth-order valence-corrected chi connectivity index (χ4v) is 2.55. The lowest BCUT2D eigenvalue weighted by Gasteiger charge is -2.16. The van der Waals surface area contributed by atoms with Crippen molar-refractivity contribution in [3.05, 3.63) is 35.4 Å². The van der Waals surface area contributed by atoms with Gasteiger partial charge in [-0.1, -0.05) is 45.0 Å². The summed E-state index contributed by atoms with van der Waals surface area (Å²) >= 11 is 0. The second kappa shape index (κ2) is 6.53. The zero-order chi connectivity index (χ0) is 14.6. The predicted molar refractivity (Wildman–Crippen MR) is 81.0 cm³/mol. The predicted octanol–water partition coefficient (Wildman–Crippen LogP) is 3.24. The van der Waals surface area contributed by atoms with E-state index in [0.717, 1.165) is 5.56 Å². The summed E-state index contributed by atoms with van der Waals surface area (Å²) in [4.78, 5) is 0. The van der Waals surface area contributed by atoms with E-state index in [2.05, 4.69) is 42.8 Å². The first-order valence-corrected chi connectivity index (χ1v) is 8.37. The van der Waals surface area contributed by atoms with E-state index in [-0.39, 0.29) is 11.2 Å². The van der Waals surface area contributed by atoms with Crippen LogP contribution in [0.4, 0.5) is 0 Å². The Morgan fingerprint density at radius 3 is 1.84 bits per heavy atom. The SMILES string of the molecule is CC(C)c1ccc(C(C)CNS(=O)(=O)C(C)C)cc1. The fourth-order valence-electron chi connectivity index (χ4n) is 1.74. The second-order valence-corrected chi connectivity index (χ2v) is 7.99. The molecule has 0 aromatic heterocycles. The number of hydrogen-bond acceptors (Lipinski definition) is 2. The number of nitrogens with one attached hydrogen (secondary N) is 1. The van der Waals surface area contributed by atoms with E-state index in [1.54, 1.807) is 13.8 Å². The highest BCUT2D eigenvalue weighted by molar-refractivity contribution is 7.90. The molecule has 0 aliphatic heterocycles. The smallest absolute Gasteiger partial charge is 0.213 e. The van der Waals surface area contributed by atoms with Gasteiger partial charge in [0.15, 0.2) is 0 Å². The highest BCUT2D eigenvalue weighted by Crippen LogP contribution is 2.19. The first kappa shape index (κ1) is 16.2. The van der Waals surface area contributed by atoms with E-state index >= 15 is 0 Å². The van der Waals surface area contributed by atoms with Gasteiger partial charge in [0.05, 0.1) is 5.25 Å². The summed E-state index contributed by atoms with van der Waals surface area (Å²) in [5.41, 5.74) is 2.47. The van der Waals surface area contributed by atoms with Crippen LogP contribution in [0.2, 0.25) is 0 Å². The van der Waals surface area contributed by atoms with Crippen LogP contribution < -0.4 is 4.72 Å². The zero-order valence-electron chi connectivity index (χ0n) is 12.5. The molecule has 0 saturated heterocycles. The average molecular weight is 283 g/mol. The third-order valence-electron chi connectivity index (χ3n) is 3.38. The van der Waals surface area contributed by atoms with Crippen molar-refractivity contribution >= 4 is 10.0 Å². The van der Waals surface area contributed by atoms with Gasteiger partial charge in [-0.2, -0.15) is 0 Å². The maximum Gasteiger partial charge on any atom is 0.213 e. The lowest BCUT2D eigenvalue weighted by Crippen LogP contribution is -2.33. The second-order valence-electron chi connectivity index (χ2n) is 5.66. The minimum absolute atomic E-state index is 0.176. The molecule has 0 amide bonds. The molecule has 1 N–H and O–H groups in total. The molecule has 3 nitrogen and oxygen atoms in total. The average Bonchev–Trinajstić information content (AvgIpc) is 2.36. The summed E-state index contributed by atoms with van der Waals surface area (Å²) in [7, 11) is -3.17. The van der Waals surface area contributed by atoms with Crippen LogP contribution in [0.5, 0.6) is 0 Å². The summed E-state index contributed by atoms with van der Waals surface area (Å²) in [5, 5.41) is -0.386. The first-order valence-electron chi connectivity index (χ1n) is 6.82. The van der Waals surface area contributed by atoms with Crippen molar-refractivity contribution in [3.8, 4) is 0 Å². The highest BCUT2D eigenvalue weighted by atomic mass is 32.2. The standard InChI is InChI=1S/C15H25NO2S/c1-11(2)14-6-8-15(9-7-14)13(5)10-16-19(17,18)12(3)4/h6-9,11-13,16H,10H2,1-5H3. The Hall–Kier alpha value is -0.870. The van der Waals surface area contributed by atoms with E-state index in [4.69, 9.17) is 0 Å². The van der Waals surface area contributed by atoms with E-state index in [1.807, 2.05) is 6.92 Å². The van der Waals surface area contributed by atoms with Gasteiger partial charge in [-0.3, -0.25) is 0 Å². The highest BCUT2D eigenvalue weighted by Gasteiger charge is 2.16. The molecule has 0 aliphatic rings. The lowest BCUT2D eigenvalue weighted by atomic mass is 9.96. The molecule has 1 unspecified atom stereocenters. The van der Waals surface area contributed by atoms with Crippen molar-refractivity contribution < 1.29 is 8.42 Å². The number of hydrogen-bond donors (Lipinski definition) is 1. The molecule has 0 fully saturated rings. The quantitative estimate of drug-likeness (QED) is 0.871. The molecule has 1 aromatic carbocycles. The van der Waals surface area contributed by atoms with Gasteiger partial charge in [-0.15, -0.1) is 0 Å². The molecule has 1 aromatic rings. The molecule has 0 aliphatic carbocycles. The Bertz CT molecular complexity index is 489.